The summed E-state index contributed by atoms with van der Waals surface area (Å²) in [6.45, 7) is 0. The number of rotatable bonds is 3. The smallest absolute Gasteiger partial charge is 0.235 e. The van der Waals surface area contributed by atoms with Crippen LogP contribution in [0.15, 0.2) is 168 Å². The third-order valence-electron chi connectivity index (χ3n) is 10.2. The molecule has 50 heavy (non-hydrogen) atoms. The van der Waals surface area contributed by atoms with E-state index in [0.717, 1.165) is 55.1 Å². The second-order valence-corrected chi connectivity index (χ2v) is 12.9. The zero-order valence-corrected chi connectivity index (χ0v) is 26.8. The fraction of sp³-hybridized carbons (Fsp3) is 0. The molecular formula is C46H27N3O. The van der Waals surface area contributed by atoms with E-state index in [-0.39, 0.29) is 0 Å². The molecule has 0 fully saturated rings. The Morgan fingerprint density at radius 3 is 1.96 bits per heavy atom. The van der Waals surface area contributed by atoms with Gasteiger partial charge in [0.15, 0.2) is 0 Å². The average Bonchev–Trinajstić information content (AvgIpc) is 3.74. The van der Waals surface area contributed by atoms with Crippen molar-refractivity contribution in [1.82, 2.24) is 14.5 Å². The van der Waals surface area contributed by atoms with Crippen LogP contribution in [0.4, 0.5) is 0 Å². The molecule has 0 amide bonds. The molecule has 11 rings (SSSR count). The van der Waals surface area contributed by atoms with Crippen molar-refractivity contribution in [3.63, 3.8) is 0 Å². The van der Waals surface area contributed by atoms with Crippen molar-refractivity contribution in [3.8, 4) is 28.3 Å². The first-order chi connectivity index (χ1) is 24.8. The molecule has 4 nitrogen and oxygen atoms in total. The normalized spacial score (nSPS) is 12.0. The molecule has 11 aromatic rings. The van der Waals surface area contributed by atoms with E-state index in [0.29, 0.717) is 5.95 Å². The predicted octanol–water partition coefficient (Wildman–Crippen LogP) is 12.3. The monoisotopic (exact) mass is 637 g/mol. The van der Waals surface area contributed by atoms with Crippen LogP contribution in [-0.4, -0.2) is 14.5 Å². The van der Waals surface area contributed by atoms with Gasteiger partial charge in [0, 0.05) is 32.5 Å². The molecule has 0 aliphatic heterocycles. The molecule has 3 heterocycles. The fourth-order valence-corrected chi connectivity index (χ4v) is 7.94. The van der Waals surface area contributed by atoms with Crippen molar-refractivity contribution in [3.05, 3.63) is 164 Å². The summed E-state index contributed by atoms with van der Waals surface area (Å²) in [4.78, 5) is 10.7. The van der Waals surface area contributed by atoms with Gasteiger partial charge in [-0.2, -0.15) is 0 Å². The minimum Gasteiger partial charge on any atom is -0.455 e. The summed E-state index contributed by atoms with van der Waals surface area (Å²) in [6, 6.07) is 57.7. The minimum atomic E-state index is 0.625. The Hall–Kier alpha value is -6.78. The highest BCUT2D eigenvalue weighted by Crippen LogP contribution is 2.42. The van der Waals surface area contributed by atoms with Gasteiger partial charge < -0.3 is 4.42 Å². The lowest BCUT2D eigenvalue weighted by Crippen LogP contribution is -2.03. The van der Waals surface area contributed by atoms with Gasteiger partial charge in [0.05, 0.1) is 22.2 Å². The van der Waals surface area contributed by atoms with Crippen molar-refractivity contribution >= 4 is 76.2 Å². The molecule has 0 atom stereocenters. The highest BCUT2D eigenvalue weighted by atomic mass is 16.3. The SMILES string of the molecule is c1ccc(-c2ccc3c(c2)c2c4ccccc4ccc2n3-c2nc(-c3cccc4c3oc3ccc5ccccc5c34)c3ccccc3n2)cc1. The Morgan fingerprint density at radius 2 is 1.12 bits per heavy atom. The summed E-state index contributed by atoms with van der Waals surface area (Å²) in [6.07, 6.45) is 0. The maximum absolute atomic E-state index is 6.70. The molecule has 8 aromatic carbocycles. The second kappa shape index (κ2) is 10.4. The van der Waals surface area contributed by atoms with Crippen molar-refractivity contribution in [2.45, 2.75) is 0 Å². The third kappa shape index (κ3) is 3.87. The molecule has 3 aromatic heterocycles. The highest BCUT2D eigenvalue weighted by Gasteiger charge is 2.22. The molecule has 0 spiro atoms. The lowest BCUT2D eigenvalue weighted by molar-refractivity contribution is 0.670. The van der Waals surface area contributed by atoms with E-state index in [4.69, 9.17) is 14.4 Å². The van der Waals surface area contributed by atoms with Gasteiger partial charge in [-0.3, -0.25) is 4.57 Å². The summed E-state index contributed by atoms with van der Waals surface area (Å²) in [5, 5.41) is 10.3. The maximum atomic E-state index is 6.70. The van der Waals surface area contributed by atoms with E-state index in [1.807, 2.05) is 6.07 Å². The molecule has 0 aliphatic carbocycles. The van der Waals surface area contributed by atoms with Crippen LogP contribution in [0.3, 0.4) is 0 Å². The van der Waals surface area contributed by atoms with Gasteiger partial charge in [-0.05, 0) is 69.1 Å². The van der Waals surface area contributed by atoms with E-state index in [1.54, 1.807) is 0 Å². The number of furan rings is 1. The van der Waals surface area contributed by atoms with Crippen LogP contribution in [0.1, 0.15) is 0 Å². The van der Waals surface area contributed by atoms with Crippen molar-refractivity contribution in [1.29, 1.82) is 0 Å². The zero-order valence-electron chi connectivity index (χ0n) is 26.8. The Morgan fingerprint density at radius 1 is 0.440 bits per heavy atom. The van der Waals surface area contributed by atoms with Gasteiger partial charge in [0.25, 0.3) is 0 Å². The van der Waals surface area contributed by atoms with Gasteiger partial charge in [-0.15, -0.1) is 0 Å². The van der Waals surface area contributed by atoms with E-state index >= 15 is 0 Å². The van der Waals surface area contributed by atoms with E-state index in [1.165, 1.54) is 43.4 Å². The molecule has 4 heteroatoms. The molecule has 0 unspecified atom stereocenters. The average molecular weight is 638 g/mol. The summed E-state index contributed by atoms with van der Waals surface area (Å²) in [7, 11) is 0. The van der Waals surface area contributed by atoms with Crippen LogP contribution < -0.4 is 0 Å². The number of para-hydroxylation sites is 2. The van der Waals surface area contributed by atoms with Crippen LogP contribution in [-0.2, 0) is 0 Å². The van der Waals surface area contributed by atoms with Crippen LogP contribution in [0, 0.1) is 0 Å². The van der Waals surface area contributed by atoms with Gasteiger partial charge in [-0.25, -0.2) is 9.97 Å². The number of fused-ring (bicyclic) bond motifs is 11. The number of benzene rings is 8. The van der Waals surface area contributed by atoms with Crippen molar-refractivity contribution < 1.29 is 4.42 Å². The van der Waals surface area contributed by atoms with Crippen LogP contribution in [0.25, 0.3) is 105 Å². The van der Waals surface area contributed by atoms with Gasteiger partial charge in [0.1, 0.15) is 11.2 Å². The largest absolute Gasteiger partial charge is 0.455 e. The Kier molecular flexibility index (Phi) is 5.63. The summed E-state index contributed by atoms with van der Waals surface area (Å²) < 4.78 is 8.93. The number of hydrogen-bond acceptors (Lipinski definition) is 3. The maximum Gasteiger partial charge on any atom is 0.235 e. The molecule has 0 N–H and O–H groups in total. The standard InChI is InChI=1S/C46H27N3O/c1-2-11-28(12-3-1)31-22-24-39-37(27-31)42-32-15-6-4-13-29(32)21-25-40(42)49(39)46-47-38-20-9-8-17-34(38)44(48-46)36-19-10-18-35-43-33-16-7-5-14-30(33)23-26-41(43)50-45(35)36/h1-27H. The minimum absolute atomic E-state index is 0.625. The van der Waals surface area contributed by atoms with Crippen LogP contribution >= 0.6 is 0 Å². The lowest BCUT2D eigenvalue weighted by atomic mass is 10.0. The molecule has 0 radical (unpaired) electrons. The van der Waals surface area contributed by atoms with Crippen molar-refractivity contribution in [2.24, 2.45) is 0 Å². The molecular weight excluding hydrogens is 611 g/mol. The highest BCUT2D eigenvalue weighted by molar-refractivity contribution is 6.23. The fourth-order valence-electron chi connectivity index (χ4n) is 7.94. The Bertz CT molecular complexity index is 3150. The second-order valence-electron chi connectivity index (χ2n) is 12.9. The molecule has 0 bridgehead atoms. The van der Waals surface area contributed by atoms with E-state index in [9.17, 15) is 0 Å². The first-order valence-electron chi connectivity index (χ1n) is 16.9. The first-order valence-corrected chi connectivity index (χ1v) is 16.9. The van der Waals surface area contributed by atoms with E-state index < -0.39 is 0 Å². The third-order valence-corrected chi connectivity index (χ3v) is 10.2. The van der Waals surface area contributed by atoms with Gasteiger partial charge in [0.2, 0.25) is 5.95 Å². The summed E-state index contributed by atoms with van der Waals surface area (Å²) in [5.74, 6) is 0.625. The molecule has 0 aliphatic rings. The number of hydrogen-bond donors (Lipinski definition) is 0. The molecule has 232 valence electrons. The quantitative estimate of drug-likeness (QED) is 0.194. The van der Waals surface area contributed by atoms with Gasteiger partial charge in [-0.1, -0.05) is 127 Å². The number of nitrogens with zero attached hydrogens (tertiary/aromatic N) is 3. The number of aromatic nitrogens is 3. The van der Waals surface area contributed by atoms with Crippen molar-refractivity contribution in [2.75, 3.05) is 0 Å². The van der Waals surface area contributed by atoms with Gasteiger partial charge >= 0.3 is 0 Å². The summed E-state index contributed by atoms with van der Waals surface area (Å²) in [5.41, 5.74) is 8.85. The summed E-state index contributed by atoms with van der Waals surface area (Å²) >= 11 is 0. The van der Waals surface area contributed by atoms with Crippen LogP contribution in [0.5, 0.6) is 0 Å². The molecule has 0 saturated carbocycles. The topological polar surface area (TPSA) is 43.9 Å². The lowest BCUT2D eigenvalue weighted by Gasteiger charge is -2.12. The van der Waals surface area contributed by atoms with Crippen LogP contribution in [0.2, 0.25) is 0 Å². The van der Waals surface area contributed by atoms with E-state index in [2.05, 4.69) is 162 Å². The predicted molar refractivity (Wildman–Crippen MR) is 207 cm³/mol. The zero-order chi connectivity index (χ0) is 32.8. The molecule has 0 saturated heterocycles. The Balaban J connectivity index is 1.23. The first kappa shape index (κ1) is 27.2. The Labute approximate surface area is 286 Å².